The summed E-state index contributed by atoms with van der Waals surface area (Å²) >= 11 is 0. The topological polar surface area (TPSA) is 115 Å². The largest absolute Gasteiger partial charge is 0.432 e. The Labute approximate surface area is 94.2 Å². The zero-order chi connectivity index (χ0) is 12.4. The second-order valence-electron chi connectivity index (χ2n) is 3.14. The number of nitro groups is 2. The molecule has 0 aliphatic carbocycles. The highest BCUT2D eigenvalue weighted by Crippen LogP contribution is 2.28. The Morgan fingerprint density at radius 3 is 2.41 bits per heavy atom. The Morgan fingerprint density at radius 2 is 1.82 bits per heavy atom. The molecular formula is C9H6N4O4. The van der Waals surface area contributed by atoms with Gasteiger partial charge in [-0.15, -0.1) is 0 Å². The number of para-hydroxylation sites is 1. The molecule has 0 radical (unpaired) electrons. The lowest BCUT2D eigenvalue weighted by Gasteiger charge is -1.95. The molecule has 86 valence electrons. The third kappa shape index (κ3) is 1.95. The van der Waals surface area contributed by atoms with Crippen LogP contribution in [0.5, 0.6) is 0 Å². The van der Waals surface area contributed by atoms with Gasteiger partial charge in [0, 0.05) is 6.07 Å². The molecule has 0 unspecified atom stereocenters. The lowest BCUT2D eigenvalue weighted by Crippen LogP contribution is -1.92. The van der Waals surface area contributed by atoms with E-state index in [1.54, 1.807) is 6.07 Å². The first kappa shape index (κ1) is 10.7. The van der Waals surface area contributed by atoms with Gasteiger partial charge in [0.15, 0.2) is 5.69 Å². The minimum Gasteiger partial charge on any atom is -0.390 e. The second-order valence-corrected chi connectivity index (χ2v) is 3.14. The fourth-order valence-electron chi connectivity index (χ4n) is 1.39. The molecule has 0 atom stereocenters. The summed E-state index contributed by atoms with van der Waals surface area (Å²) in [6.07, 6.45) is 1.26. The molecule has 0 bridgehead atoms. The van der Waals surface area contributed by atoms with E-state index in [-0.39, 0.29) is 16.9 Å². The Kier molecular flexibility index (Phi) is 2.53. The highest BCUT2D eigenvalue weighted by atomic mass is 16.6. The fourth-order valence-corrected chi connectivity index (χ4v) is 1.39. The Hall–Kier alpha value is -2.77. The van der Waals surface area contributed by atoms with E-state index in [4.69, 9.17) is 0 Å². The van der Waals surface area contributed by atoms with E-state index >= 15 is 0 Å². The summed E-state index contributed by atoms with van der Waals surface area (Å²) in [7, 11) is 0. The summed E-state index contributed by atoms with van der Waals surface area (Å²) in [5.41, 5.74) is 0.264. The smallest absolute Gasteiger partial charge is 0.390 e. The molecule has 8 nitrogen and oxygen atoms in total. The zero-order valence-corrected chi connectivity index (χ0v) is 8.36. The minimum atomic E-state index is -0.696. The molecule has 0 spiro atoms. The van der Waals surface area contributed by atoms with Gasteiger partial charge in [0.25, 0.3) is 5.69 Å². The standard InChI is InChI=1S/C9H6N4O4/c14-12(15)8-4-2-1-3-6(8)7-5-10-9(11-7)13(16)17/h1-5H,(H,10,11). The van der Waals surface area contributed by atoms with Crippen molar-refractivity contribution in [1.82, 2.24) is 9.97 Å². The van der Waals surface area contributed by atoms with E-state index in [1.807, 2.05) is 0 Å². The predicted octanol–water partition coefficient (Wildman–Crippen LogP) is 1.89. The molecule has 1 aromatic carbocycles. The van der Waals surface area contributed by atoms with Crippen molar-refractivity contribution in [1.29, 1.82) is 0 Å². The number of rotatable bonds is 3. The summed E-state index contributed by atoms with van der Waals surface area (Å²) in [6.45, 7) is 0. The van der Waals surface area contributed by atoms with Gasteiger partial charge in [-0.3, -0.25) is 10.1 Å². The van der Waals surface area contributed by atoms with E-state index in [2.05, 4.69) is 9.97 Å². The van der Waals surface area contributed by atoms with Crippen LogP contribution < -0.4 is 0 Å². The number of nitrogens with zero attached hydrogens (tertiary/aromatic N) is 3. The Balaban J connectivity index is 2.52. The number of benzene rings is 1. The van der Waals surface area contributed by atoms with Crippen LogP contribution in [0, 0.1) is 20.2 Å². The molecule has 0 saturated carbocycles. The quantitative estimate of drug-likeness (QED) is 0.643. The van der Waals surface area contributed by atoms with Crippen molar-refractivity contribution in [3.63, 3.8) is 0 Å². The number of hydrogen-bond donors (Lipinski definition) is 1. The van der Waals surface area contributed by atoms with Crippen molar-refractivity contribution >= 4 is 11.6 Å². The van der Waals surface area contributed by atoms with Gasteiger partial charge in [-0.05, 0) is 11.0 Å². The van der Waals surface area contributed by atoms with E-state index in [0.717, 1.165) is 0 Å². The summed E-state index contributed by atoms with van der Waals surface area (Å²) in [6, 6.07) is 5.92. The van der Waals surface area contributed by atoms with Gasteiger partial charge < -0.3 is 10.1 Å². The minimum absolute atomic E-state index is 0.145. The number of aromatic nitrogens is 2. The second kappa shape index (κ2) is 4.00. The molecule has 0 saturated heterocycles. The van der Waals surface area contributed by atoms with Crippen LogP contribution in [0.15, 0.2) is 30.5 Å². The Bertz CT molecular complexity index is 592. The number of hydrogen-bond acceptors (Lipinski definition) is 5. The van der Waals surface area contributed by atoms with Crippen LogP contribution in [-0.4, -0.2) is 19.8 Å². The number of nitrogens with one attached hydrogen (secondary N) is 1. The molecule has 0 aliphatic heterocycles. The third-order valence-electron chi connectivity index (χ3n) is 2.11. The van der Waals surface area contributed by atoms with E-state index in [0.29, 0.717) is 0 Å². The van der Waals surface area contributed by atoms with Crippen molar-refractivity contribution in [2.75, 3.05) is 0 Å². The van der Waals surface area contributed by atoms with Crippen molar-refractivity contribution in [2.45, 2.75) is 0 Å². The average Bonchev–Trinajstić information content (AvgIpc) is 2.78. The molecule has 0 aliphatic rings. The van der Waals surface area contributed by atoms with E-state index < -0.39 is 15.8 Å². The Morgan fingerprint density at radius 1 is 1.12 bits per heavy atom. The third-order valence-corrected chi connectivity index (χ3v) is 2.11. The van der Waals surface area contributed by atoms with Crippen LogP contribution in [0.1, 0.15) is 0 Å². The summed E-state index contributed by atoms with van der Waals surface area (Å²) in [4.78, 5) is 26.0. The maximum atomic E-state index is 10.8. The summed E-state index contributed by atoms with van der Waals surface area (Å²) in [5.74, 6) is -0.446. The predicted molar refractivity (Wildman–Crippen MR) is 57.3 cm³/mol. The molecule has 0 amide bonds. The number of aromatic amines is 1. The first-order chi connectivity index (χ1) is 8.09. The van der Waals surface area contributed by atoms with Gasteiger partial charge in [-0.25, -0.2) is 4.98 Å². The first-order valence-electron chi connectivity index (χ1n) is 4.53. The molecular weight excluding hydrogens is 228 g/mol. The van der Waals surface area contributed by atoms with Crippen LogP contribution in [-0.2, 0) is 0 Å². The maximum Gasteiger partial charge on any atom is 0.432 e. The van der Waals surface area contributed by atoms with Crippen molar-refractivity contribution < 1.29 is 9.85 Å². The van der Waals surface area contributed by atoms with Crippen molar-refractivity contribution in [3.05, 3.63) is 50.7 Å². The van der Waals surface area contributed by atoms with E-state index in [9.17, 15) is 20.2 Å². The molecule has 2 aromatic rings. The first-order valence-corrected chi connectivity index (χ1v) is 4.53. The summed E-state index contributed by atoms with van der Waals surface area (Å²) < 4.78 is 0. The van der Waals surface area contributed by atoms with Crippen LogP contribution in [0.4, 0.5) is 11.6 Å². The fraction of sp³-hybridized carbons (Fsp3) is 0. The van der Waals surface area contributed by atoms with Crippen LogP contribution in [0.25, 0.3) is 11.3 Å². The van der Waals surface area contributed by atoms with Gasteiger partial charge in [-0.1, -0.05) is 17.1 Å². The van der Waals surface area contributed by atoms with Crippen LogP contribution in [0.3, 0.4) is 0 Å². The van der Waals surface area contributed by atoms with Crippen LogP contribution >= 0.6 is 0 Å². The highest BCUT2D eigenvalue weighted by Gasteiger charge is 2.21. The molecule has 1 N–H and O–H groups in total. The SMILES string of the molecule is O=[N+]([O-])c1nc(-c2ccccc2[N+](=O)[O-])c[nH]1. The number of nitro benzene ring substituents is 1. The molecule has 2 rings (SSSR count). The van der Waals surface area contributed by atoms with Gasteiger partial charge in [0.05, 0.1) is 10.5 Å². The molecule has 8 heteroatoms. The van der Waals surface area contributed by atoms with Gasteiger partial charge >= 0.3 is 5.95 Å². The number of imidazole rings is 1. The molecule has 17 heavy (non-hydrogen) atoms. The highest BCUT2D eigenvalue weighted by molar-refractivity contribution is 5.70. The summed E-state index contributed by atoms with van der Waals surface area (Å²) in [5, 5.41) is 21.2. The zero-order valence-electron chi connectivity index (χ0n) is 8.36. The lowest BCUT2D eigenvalue weighted by molar-refractivity contribution is -0.393. The maximum absolute atomic E-state index is 10.8. The van der Waals surface area contributed by atoms with Crippen LogP contribution in [0.2, 0.25) is 0 Å². The molecule has 0 fully saturated rings. The van der Waals surface area contributed by atoms with Crippen molar-refractivity contribution in [2.24, 2.45) is 0 Å². The molecule has 1 aromatic heterocycles. The van der Waals surface area contributed by atoms with Gasteiger partial charge in [0.2, 0.25) is 0 Å². The normalized spacial score (nSPS) is 10.1. The molecule has 1 heterocycles. The van der Waals surface area contributed by atoms with Gasteiger partial charge in [-0.2, -0.15) is 0 Å². The van der Waals surface area contributed by atoms with Gasteiger partial charge in [0.1, 0.15) is 6.20 Å². The average molecular weight is 234 g/mol. The van der Waals surface area contributed by atoms with Crippen molar-refractivity contribution in [3.8, 4) is 11.3 Å². The number of H-pyrrole nitrogens is 1. The lowest BCUT2D eigenvalue weighted by atomic mass is 10.1. The monoisotopic (exact) mass is 234 g/mol. The van der Waals surface area contributed by atoms with E-state index in [1.165, 1.54) is 24.4 Å².